The number of hydrogen-bond donors (Lipinski definition) is 2. The van der Waals surface area contributed by atoms with E-state index >= 15 is 0 Å². The van der Waals surface area contributed by atoms with Gasteiger partial charge in [-0.1, -0.05) is 30.3 Å². The number of aliphatic hydroxyl groups excluding tert-OH is 2. The van der Waals surface area contributed by atoms with Crippen LogP contribution in [0, 0.1) is 0 Å². The number of pyridine rings is 1. The minimum absolute atomic E-state index is 0.139. The fourth-order valence-corrected chi connectivity index (χ4v) is 5.50. The standard InChI is InChI=1S/C29H31N2O4/c1-30(2)29-23-14-19(16-32)24(17-33)27(18-8-6-5-7-9-18)22(23)15-25-20-10-11-26(34-3)28(35-4)21(20)12-13-31(25)29/h5-11,14-15,32-33H,12-13,16-17H2,1-4H3/q+1. The highest BCUT2D eigenvalue weighted by Gasteiger charge is 2.31. The van der Waals surface area contributed by atoms with E-state index in [4.69, 9.17) is 9.47 Å². The van der Waals surface area contributed by atoms with Gasteiger partial charge in [-0.15, -0.1) is 0 Å². The van der Waals surface area contributed by atoms with E-state index in [9.17, 15) is 10.2 Å². The second kappa shape index (κ2) is 9.21. The molecule has 1 aliphatic rings. The third kappa shape index (κ3) is 3.61. The molecule has 0 radical (unpaired) electrons. The molecule has 0 atom stereocenters. The Kier molecular flexibility index (Phi) is 6.09. The number of benzene rings is 3. The van der Waals surface area contributed by atoms with Gasteiger partial charge in [0.25, 0.3) is 5.82 Å². The first-order valence-corrected chi connectivity index (χ1v) is 11.8. The number of methoxy groups -OCH3 is 2. The molecule has 4 aromatic rings. The molecule has 0 aliphatic carbocycles. The van der Waals surface area contributed by atoms with Crippen LogP contribution in [0.1, 0.15) is 16.7 Å². The number of nitrogens with zero attached hydrogens (tertiary/aromatic N) is 2. The first kappa shape index (κ1) is 23.1. The molecule has 2 heterocycles. The number of ether oxygens (including phenoxy) is 2. The monoisotopic (exact) mass is 471 g/mol. The lowest BCUT2D eigenvalue weighted by atomic mass is 9.87. The Balaban J connectivity index is 1.94. The molecule has 3 aromatic carbocycles. The van der Waals surface area contributed by atoms with Crippen molar-refractivity contribution in [1.29, 1.82) is 0 Å². The van der Waals surface area contributed by atoms with Crippen LogP contribution < -0.4 is 18.9 Å². The summed E-state index contributed by atoms with van der Waals surface area (Å²) in [5.41, 5.74) is 6.78. The zero-order chi connectivity index (χ0) is 24.7. The minimum atomic E-state index is -0.154. The van der Waals surface area contributed by atoms with E-state index < -0.39 is 0 Å². The van der Waals surface area contributed by atoms with Gasteiger partial charge in [-0.2, -0.15) is 0 Å². The van der Waals surface area contributed by atoms with Crippen molar-refractivity contribution in [2.75, 3.05) is 33.2 Å². The molecule has 0 fully saturated rings. The quantitative estimate of drug-likeness (QED) is 0.415. The van der Waals surface area contributed by atoms with Crippen molar-refractivity contribution >= 4 is 16.6 Å². The van der Waals surface area contributed by atoms with Gasteiger partial charge >= 0.3 is 0 Å². The van der Waals surface area contributed by atoms with Crippen molar-refractivity contribution in [2.45, 2.75) is 26.2 Å². The maximum atomic E-state index is 10.4. The van der Waals surface area contributed by atoms with E-state index in [2.05, 4.69) is 33.7 Å². The maximum Gasteiger partial charge on any atom is 0.284 e. The molecule has 6 heteroatoms. The van der Waals surface area contributed by atoms with Gasteiger partial charge in [0.05, 0.1) is 53.5 Å². The van der Waals surface area contributed by atoms with Gasteiger partial charge in [-0.05, 0) is 46.5 Å². The average molecular weight is 472 g/mol. The Hall–Kier alpha value is -3.61. The molecule has 0 unspecified atom stereocenters. The zero-order valence-corrected chi connectivity index (χ0v) is 20.6. The summed E-state index contributed by atoms with van der Waals surface area (Å²) in [5, 5.41) is 22.7. The van der Waals surface area contributed by atoms with Crippen molar-refractivity contribution in [3.63, 3.8) is 0 Å². The Labute approximate surface area is 205 Å². The Morgan fingerprint density at radius 3 is 2.31 bits per heavy atom. The highest BCUT2D eigenvalue weighted by atomic mass is 16.5. The molecule has 6 nitrogen and oxygen atoms in total. The van der Waals surface area contributed by atoms with Crippen LogP contribution in [0.15, 0.2) is 54.6 Å². The summed E-state index contributed by atoms with van der Waals surface area (Å²) in [6, 6.07) is 18.4. The van der Waals surface area contributed by atoms with E-state index in [-0.39, 0.29) is 13.2 Å². The number of anilines is 1. The molecule has 2 N–H and O–H groups in total. The lowest BCUT2D eigenvalue weighted by molar-refractivity contribution is -0.674. The lowest BCUT2D eigenvalue weighted by Gasteiger charge is -2.26. The predicted molar refractivity (Wildman–Crippen MR) is 138 cm³/mol. The zero-order valence-electron chi connectivity index (χ0n) is 20.6. The normalized spacial score (nSPS) is 12.3. The summed E-state index contributed by atoms with van der Waals surface area (Å²) in [4.78, 5) is 2.13. The predicted octanol–water partition coefficient (Wildman–Crippen LogP) is 4.09. The number of fused-ring (bicyclic) bond motifs is 4. The van der Waals surface area contributed by atoms with Crippen LogP contribution >= 0.6 is 0 Å². The van der Waals surface area contributed by atoms with E-state index in [1.54, 1.807) is 14.2 Å². The average Bonchev–Trinajstić information content (AvgIpc) is 2.89. The fourth-order valence-electron chi connectivity index (χ4n) is 5.50. The lowest BCUT2D eigenvalue weighted by Crippen LogP contribution is -2.45. The number of aliphatic hydroxyl groups is 2. The summed E-state index contributed by atoms with van der Waals surface area (Å²) < 4.78 is 13.7. The van der Waals surface area contributed by atoms with Crippen LogP contribution in [-0.4, -0.2) is 38.5 Å². The fraction of sp³-hybridized carbons (Fsp3) is 0.276. The van der Waals surface area contributed by atoms with Crippen LogP contribution in [0.3, 0.4) is 0 Å². The van der Waals surface area contributed by atoms with Gasteiger partial charge in [0.2, 0.25) is 0 Å². The van der Waals surface area contributed by atoms with Gasteiger partial charge in [0, 0.05) is 22.9 Å². The van der Waals surface area contributed by atoms with Crippen LogP contribution in [0.2, 0.25) is 0 Å². The number of hydrogen-bond acceptors (Lipinski definition) is 5. The topological polar surface area (TPSA) is 66.0 Å². The highest BCUT2D eigenvalue weighted by molar-refractivity contribution is 6.04. The van der Waals surface area contributed by atoms with Crippen LogP contribution in [0.4, 0.5) is 5.82 Å². The Morgan fingerprint density at radius 2 is 1.69 bits per heavy atom. The molecule has 1 aliphatic heterocycles. The molecule has 0 spiro atoms. The number of rotatable bonds is 6. The molecule has 1 aromatic heterocycles. The van der Waals surface area contributed by atoms with Crippen LogP contribution in [-0.2, 0) is 26.2 Å². The van der Waals surface area contributed by atoms with Crippen molar-refractivity contribution < 1.29 is 24.3 Å². The Morgan fingerprint density at radius 1 is 0.914 bits per heavy atom. The molecular weight excluding hydrogens is 440 g/mol. The molecule has 180 valence electrons. The summed E-state index contributed by atoms with van der Waals surface area (Å²) >= 11 is 0. The molecule has 0 bridgehead atoms. The van der Waals surface area contributed by atoms with E-state index in [0.717, 1.165) is 80.1 Å². The smallest absolute Gasteiger partial charge is 0.284 e. The van der Waals surface area contributed by atoms with Gasteiger partial charge in [-0.3, -0.25) is 4.90 Å². The third-order valence-electron chi connectivity index (χ3n) is 6.96. The van der Waals surface area contributed by atoms with Crippen molar-refractivity contribution in [1.82, 2.24) is 0 Å². The van der Waals surface area contributed by atoms with Gasteiger partial charge in [0.1, 0.15) is 5.69 Å². The largest absolute Gasteiger partial charge is 0.493 e. The van der Waals surface area contributed by atoms with Crippen LogP contribution in [0.25, 0.3) is 33.2 Å². The minimum Gasteiger partial charge on any atom is -0.493 e. The summed E-state index contributed by atoms with van der Waals surface area (Å²) in [7, 11) is 7.44. The van der Waals surface area contributed by atoms with E-state index in [1.807, 2.05) is 44.4 Å². The van der Waals surface area contributed by atoms with Crippen molar-refractivity contribution in [3.8, 4) is 33.9 Å². The molecule has 0 saturated carbocycles. The molecule has 5 rings (SSSR count). The molecule has 0 amide bonds. The SMILES string of the molecule is COc1ccc2c(c1OC)CC[n+]1c-2cc2c(-c3ccccc3)c(CO)c(CO)cc2c1N(C)C. The van der Waals surface area contributed by atoms with Gasteiger partial charge in [0.15, 0.2) is 11.5 Å². The molecule has 35 heavy (non-hydrogen) atoms. The van der Waals surface area contributed by atoms with Crippen molar-refractivity contribution in [3.05, 3.63) is 71.3 Å². The second-order valence-electron chi connectivity index (χ2n) is 9.01. The Bertz CT molecular complexity index is 1410. The van der Waals surface area contributed by atoms with E-state index in [0.29, 0.717) is 0 Å². The second-order valence-corrected chi connectivity index (χ2v) is 9.01. The highest BCUT2D eigenvalue weighted by Crippen LogP contribution is 2.44. The first-order valence-electron chi connectivity index (χ1n) is 11.8. The van der Waals surface area contributed by atoms with Gasteiger partial charge < -0.3 is 19.7 Å². The summed E-state index contributed by atoms with van der Waals surface area (Å²) in [6.07, 6.45) is 0.812. The number of aromatic nitrogens is 1. The van der Waals surface area contributed by atoms with E-state index in [1.165, 1.54) is 0 Å². The van der Waals surface area contributed by atoms with Gasteiger partial charge in [-0.25, -0.2) is 4.57 Å². The third-order valence-corrected chi connectivity index (χ3v) is 6.96. The summed E-state index contributed by atoms with van der Waals surface area (Å²) in [6.45, 7) is 0.492. The molecule has 0 saturated heterocycles. The maximum absolute atomic E-state index is 10.4. The van der Waals surface area contributed by atoms with Crippen molar-refractivity contribution in [2.24, 2.45) is 0 Å². The first-order chi connectivity index (χ1) is 17.0. The molecular formula is C29H31N2O4+. The van der Waals surface area contributed by atoms with Crippen LogP contribution in [0.5, 0.6) is 11.5 Å². The summed E-state index contributed by atoms with van der Waals surface area (Å²) in [5.74, 6) is 2.57.